The Balaban J connectivity index is 0.00000338. The number of halogens is 1. The Morgan fingerprint density at radius 1 is 1.19 bits per heavy atom. The highest BCUT2D eigenvalue weighted by Crippen LogP contribution is 2.19. The van der Waals surface area contributed by atoms with Gasteiger partial charge in [0.25, 0.3) is 0 Å². The Labute approximate surface area is 160 Å². The van der Waals surface area contributed by atoms with E-state index in [-0.39, 0.29) is 29.8 Å². The van der Waals surface area contributed by atoms with Crippen LogP contribution in [0.2, 0.25) is 0 Å². The van der Waals surface area contributed by atoms with Crippen molar-refractivity contribution in [3.63, 3.8) is 0 Å². The largest absolute Gasteiger partial charge is 0.491 e. The van der Waals surface area contributed by atoms with Crippen LogP contribution in [0, 0.1) is 0 Å². The molecule has 1 N–H and O–H groups in total. The summed E-state index contributed by atoms with van der Waals surface area (Å²) in [5, 5.41) is 3.16. The van der Waals surface area contributed by atoms with Crippen molar-refractivity contribution in [1.82, 2.24) is 14.5 Å². The first kappa shape index (κ1) is 22.7. The molecule has 1 aliphatic heterocycles. The summed E-state index contributed by atoms with van der Waals surface area (Å²) >= 11 is 0. The van der Waals surface area contributed by atoms with Crippen LogP contribution in [0.3, 0.4) is 0 Å². The average molecular weight is 408 g/mol. The third-order valence-electron chi connectivity index (χ3n) is 3.92. The minimum atomic E-state index is -3.72. The van der Waals surface area contributed by atoms with E-state index in [0.29, 0.717) is 32.1 Å². The predicted octanol–water partition coefficient (Wildman–Crippen LogP) is 0.186. The van der Waals surface area contributed by atoms with E-state index in [0.717, 1.165) is 17.4 Å². The van der Waals surface area contributed by atoms with Gasteiger partial charge in [-0.25, -0.2) is 8.42 Å². The van der Waals surface area contributed by atoms with E-state index < -0.39 is 10.0 Å². The van der Waals surface area contributed by atoms with Crippen molar-refractivity contribution in [1.29, 1.82) is 0 Å². The molecule has 0 unspecified atom stereocenters. The zero-order chi connectivity index (χ0) is 18.3. The zero-order valence-electron chi connectivity index (χ0n) is 15.0. The van der Waals surface area contributed by atoms with Crippen molar-refractivity contribution in [3.8, 4) is 5.75 Å². The van der Waals surface area contributed by atoms with Crippen molar-refractivity contribution >= 4 is 28.3 Å². The number of amides is 1. The molecule has 1 aliphatic rings. The maximum atomic E-state index is 12.6. The molecular formula is C16H26ClN3O5S. The summed E-state index contributed by atoms with van der Waals surface area (Å²) in [6.45, 7) is 3.33. The molecule has 0 bridgehead atoms. The van der Waals surface area contributed by atoms with Crippen LogP contribution < -0.4 is 10.1 Å². The standard InChI is InChI=1S/C16H25N3O5S.ClH/c1-18(13-16(20)19-9-7-17-8-10-19)25(21,22)15-5-3-14(4-6-15)24-12-11-23-2;/h3-6,17H,7-13H2,1-2H3;1H. The molecule has 0 aliphatic carbocycles. The van der Waals surface area contributed by atoms with Gasteiger partial charge in [0, 0.05) is 40.3 Å². The number of methoxy groups -OCH3 is 1. The minimum Gasteiger partial charge on any atom is -0.491 e. The van der Waals surface area contributed by atoms with Gasteiger partial charge in [-0.1, -0.05) is 0 Å². The van der Waals surface area contributed by atoms with Crippen LogP contribution in [0.5, 0.6) is 5.75 Å². The van der Waals surface area contributed by atoms with Crippen LogP contribution in [0.4, 0.5) is 0 Å². The third kappa shape index (κ3) is 6.10. The maximum absolute atomic E-state index is 12.6. The highest BCUT2D eigenvalue weighted by Gasteiger charge is 2.25. The number of hydrogen-bond donors (Lipinski definition) is 1. The molecule has 0 aromatic heterocycles. The fourth-order valence-electron chi connectivity index (χ4n) is 2.42. The number of carbonyl (C=O) groups is 1. The molecule has 26 heavy (non-hydrogen) atoms. The molecule has 1 heterocycles. The second kappa shape index (κ2) is 10.7. The number of rotatable bonds is 8. The summed E-state index contributed by atoms with van der Waals surface area (Å²) in [4.78, 5) is 14.1. The van der Waals surface area contributed by atoms with Crippen LogP contribution in [0.15, 0.2) is 29.2 Å². The van der Waals surface area contributed by atoms with Crippen molar-refractivity contribution < 1.29 is 22.7 Å². The number of sulfonamides is 1. The fourth-order valence-corrected chi connectivity index (χ4v) is 3.54. The first-order valence-electron chi connectivity index (χ1n) is 8.12. The summed E-state index contributed by atoms with van der Waals surface area (Å²) in [6, 6.07) is 6.13. The number of hydrogen-bond acceptors (Lipinski definition) is 6. The lowest BCUT2D eigenvalue weighted by atomic mass is 10.3. The Hall–Kier alpha value is -1.39. The van der Waals surface area contributed by atoms with Gasteiger partial charge in [-0.05, 0) is 24.3 Å². The van der Waals surface area contributed by atoms with E-state index >= 15 is 0 Å². The van der Waals surface area contributed by atoms with Gasteiger partial charge < -0.3 is 19.7 Å². The van der Waals surface area contributed by atoms with Gasteiger partial charge in [0.15, 0.2) is 0 Å². The first-order valence-corrected chi connectivity index (χ1v) is 9.56. The van der Waals surface area contributed by atoms with E-state index in [1.807, 2.05) is 0 Å². The number of nitrogens with zero attached hydrogens (tertiary/aromatic N) is 2. The van der Waals surface area contributed by atoms with Crippen molar-refractivity contribution in [2.75, 3.05) is 60.1 Å². The van der Waals surface area contributed by atoms with Crippen molar-refractivity contribution in [3.05, 3.63) is 24.3 Å². The number of benzene rings is 1. The van der Waals surface area contributed by atoms with E-state index in [1.54, 1.807) is 24.1 Å². The third-order valence-corrected chi connectivity index (χ3v) is 5.73. The van der Waals surface area contributed by atoms with E-state index in [1.165, 1.54) is 19.2 Å². The lowest BCUT2D eigenvalue weighted by molar-refractivity contribution is -0.131. The number of ether oxygens (including phenoxy) is 2. The molecule has 1 aromatic carbocycles. The molecular weight excluding hydrogens is 382 g/mol. The molecule has 8 nitrogen and oxygen atoms in total. The van der Waals surface area contributed by atoms with Gasteiger partial charge in [-0.2, -0.15) is 4.31 Å². The zero-order valence-corrected chi connectivity index (χ0v) is 16.6. The number of carbonyl (C=O) groups excluding carboxylic acids is 1. The Kier molecular flexibility index (Phi) is 9.31. The molecule has 1 amide bonds. The lowest BCUT2D eigenvalue weighted by Gasteiger charge is -2.29. The number of piperazine rings is 1. The summed E-state index contributed by atoms with van der Waals surface area (Å²) in [5.41, 5.74) is 0. The molecule has 1 aromatic rings. The molecule has 10 heteroatoms. The molecule has 0 spiro atoms. The van der Waals surface area contributed by atoms with Crippen LogP contribution in [0.1, 0.15) is 0 Å². The topological polar surface area (TPSA) is 88.2 Å². The number of likely N-dealkylation sites (N-methyl/N-ethyl adjacent to an activating group) is 1. The van der Waals surface area contributed by atoms with Crippen molar-refractivity contribution in [2.24, 2.45) is 0 Å². The fraction of sp³-hybridized carbons (Fsp3) is 0.562. The van der Waals surface area contributed by atoms with Gasteiger partial charge in [0.2, 0.25) is 15.9 Å². The molecule has 0 saturated carbocycles. The van der Waals surface area contributed by atoms with Crippen LogP contribution in [-0.4, -0.2) is 83.6 Å². The lowest BCUT2D eigenvalue weighted by Crippen LogP contribution is -2.49. The molecule has 2 rings (SSSR count). The van der Waals surface area contributed by atoms with Crippen molar-refractivity contribution in [2.45, 2.75) is 4.90 Å². The van der Waals surface area contributed by atoms with E-state index in [2.05, 4.69) is 5.32 Å². The smallest absolute Gasteiger partial charge is 0.243 e. The second-order valence-corrected chi connectivity index (χ2v) is 7.75. The molecule has 1 saturated heterocycles. The van der Waals surface area contributed by atoms with Crippen LogP contribution in [0.25, 0.3) is 0 Å². The van der Waals surface area contributed by atoms with E-state index in [4.69, 9.17) is 9.47 Å². The Bertz CT molecular complexity index is 663. The SMILES string of the molecule is COCCOc1ccc(S(=O)(=O)N(C)CC(=O)N2CCNCC2)cc1.Cl. The predicted molar refractivity (Wildman–Crippen MR) is 100 cm³/mol. The monoisotopic (exact) mass is 407 g/mol. The first-order chi connectivity index (χ1) is 11.9. The van der Waals surface area contributed by atoms with Gasteiger partial charge in [0.05, 0.1) is 18.0 Å². The summed E-state index contributed by atoms with van der Waals surface area (Å²) in [5.74, 6) is 0.377. The van der Waals surface area contributed by atoms with Crippen LogP contribution in [-0.2, 0) is 19.6 Å². The molecule has 148 valence electrons. The number of nitrogens with one attached hydrogen (secondary N) is 1. The van der Waals surface area contributed by atoms with Crippen LogP contribution >= 0.6 is 12.4 Å². The van der Waals surface area contributed by atoms with Gasteiger partial charge in [0.1, 0.15) is 12.4 Å². The normalized spacial score (nSPS) is 14.8. The van der Waals surface area contributed by atoms with Gasteiger partial charge >= 0.3 is 0 Å². The van der Waals surface area contributed by atoms with Gasteiger partial charge in [-0.3, -0.25) is 4.79 Å². The molecule has 1 fully saturated rings. The highest BCUT2D eigenvalue weighted by molar-refractivity contribution is 7.89. The van der Waals surface area contributed by atoms with Gasteiger partial charge in [-0.15, -0.1) is 12.4 Å². The summed E-state index contributed by atoms with van der Waals surface area (Å²) < 4.78 is 36.6. The quantitative estimate of drug-likeness (QED) is 0.619. The van der Waals surface area contributed by atoms with E-state index in [9.17, 15) is 13.2 Å². The summed E-state index contributed by atoms with van der Waals surface area (Å²) in [7, 11) is -0.730. The average Bonchev–Trinajstić information content (AvgIpc) is 2.63. The maximum Gasteiger partial charge on any atom is 0.243 e. The Morgan fingerprint density at radius 3 is 2.38 bits per heavy atom. The second-order valence-electron chi connectivity index (χ2n) is 5.70. The molecule has 0 radical (unpaired) electrons. The molecule has 0 atom stereocenters. The Morgan fingerprint density at radius 2 is 1.81 bits per heavy atom. The minimum absolute atomic E-state index is 0. The highest BCUT2D eigenvalue weighted by atomic mass is 35.5. The summed E-state index contributed by atoms with van der Waals surface area (Å²) in [6.07, 6.45) is 0.